The number of aliphatic hydroxyl groups is 1. The zero-order valence-electron chi connectivity index (χ0n) is 4.22. The normalized spacial score (nSPS) is 9.43. The largest absolute Gasteiger partial charge is 0.395 e. The summed E-state index contributed by atoms with van der Waals surface area (Å²) in [5.41, 5.74) is 5.11. The highest BCUT2D eigenvalue weighted by molar-refractivity contribution is 4.57. The van der Waals surface area contributed by atoms with Crippen LogP contribution in [0.4, 0.5) is 0 Å². The van der Waals surface area contributed by atoms with Crippen LogP contribution in [0.3, 0.4) is 0 Å². The minimum Gasteiger partial charge on any atom is -0.395 e. The van der Waals surface area contributed by atoms with Gasteiger partial charge in [-0.2, -0.15) is 0 Å². The molecule has 3 heteroatoms. The van der Waals surface area contributed by atoms with E-state index in [1.807, 2.05) is 0 Å². The number of nitrogens with one attached hydrogen (secondary N) is 1. The van der Waals surface area contributed by atoms with Crippen molar-refractivity contribution in [2.24, 2.45) is 5.73 Å². The van der Waals surface area contributed by atoms with Crippen molar-refractivity contribution in [2.45, 2.75) is 0 Å². The molecule has 0 aliphatic rings. The Bertz CT molecular complexity index is 28.9. The summed E-state index contributed by atoms with van der Waals surface area (Å²) in [6.07, 6.45) is 0. The van der Waals surface area contributed by atoms with Gasteiger partial charge in [-0.25, -0.2) is 0 Å². The molecule has 0 heterocycles. The minimum absolute atomic E-state index is 0.0694. The quantitative estimate of drug-likeness (QED) is 0.387. The van der Waals surface area contributed by atoms with Gasteiger partial charge in [-0.05, 0) is 0 Å². The van der Waals surface area contributed by atoms with Crippen LogP contribution in [0.1, 0.15) is 0 Å². The third kappa shape index (κ3) is 5.88. The fourth-order valence-electron chi connectivity index (χ4n) is 0.250. The first-order valence-corrected chi connectivity index (χ1v) is 2.27. The lowest BCUT2D eigenvalue weighted by Gasteiger charge is -1.94. The van der Waals surface area contributed by atoms with Gasteiger partial charge in [0.2, 0.25) is 0 Å². The number of hydrogen-bond acceptors (Lipinski definition) is 3. The van der Waals surface area contributed by atoms with Gasteiger partial charge in [0.25, 0.3) is 0 Å². The Labute approximate surface area is 43.5 Å². The van der Waals surface area contributed by atoms with Crippen LogP contribution in [0.25, 0.3) is 0 Å². The van der Waals surface area contributed by atoms with Crippen molar-refractivity contribution in [3.8, 4) is 0 Å². The Morgan fingerprint density at radius 2 is 2.43 bits per heavy atom. The molecule has 0 spiro atoms. The van der Waals surface area contributed by atoms with Crippen molar-refractivity contribution in [3.63, 3.8) is 0 Å². The second kappa shape index (κ2) is 5.88. The number of aliphatic hydroxyl groups excluding tert-OH is 1. The Hall–Kier alpha value is -0.120. The Morgan fingerprint density at radius 3 is 2.86 bits per heavy atom. The van der Waals surface area contributed by atoms with Crippen LogP contribution in [-0.4, -0.2) is 24.8 Å². The predicted molar refractivity (Wildman–Crippen MR) is 28.4 cm³/mol. The molecule has 0 fully saturated rings. The average Bonchev–Trinajstić information content (AvgIpc) is 1.69. The highest BCUT2D eigenvalue weighted by Crippen LogP contribution is 1.60. The zero-order valence-corrected chi connectivity index (χ0v) is 4.22. The van der Waals surface area contributed by atoms with E-state index in [1.165, 1.54) is 0 Å². The molecule has 0 aromatic rings. The molecule has 0 unspecified atom stereocenters. The first kappa shape index (κ1) is 6.88. The summed E-state index contributed by atoms with van der Waals surface area (Å²) in [6.45, 7) is 2.98. The molecule has 0 bridgehead atoms. The molecule has 0 rings (SSSR count). The van der Waals surface area contributed by atoms with Crippen molar-refractivity contribution in [1.29, 1.82) is 0 Å². The standard InChI is InChI=1S/C4H11N2O/c5-1-2-6-3-4-7/h3,6-7H,1-2,4-5H2. The van der Waals surface area contributed by atoms with Crippen molar-refractivity contribution in [1.82, 2.24) is 5.32 Å². The Morgan fingerprint density at radius 1 is 1.71 bits per heavy atom. The summed E-state index contributed by atoms with van der Waals surface area (Å²) >= 11 is 0. The maximum absolute atomic E-state index is 8.13. The first-order valence-electron chi connectivity index (χ1n) is 2.27. The predicted octanol–water partition coefficient (Wildman–Crippen LogP) is -1.31. The van der Waals surface area contributed by atoms with Crippen molar-refractivity contribution in [3.05, 3.63) is 6.54 Å². The Kier molecular flexibility index (Phi) is 5.78. The van der Waals surface area contributed by atoms with Gasteiger partial charge in [-0.3, -0.25) is 0 Å². The van der Waals surface area contributed by atoms with Crippen LogP contribution >= 0.6 is 0 Å². The summed E-state index contributed by atoms with van der Waals surface area (Å²) < 4.78 is 0. The second-order valence-electron chi connectivity index (χ2n) is 1.13. The van der Waals surface area contributed by atoms with E-state index in [1.54, 1.807) is 6.54 Å². The number of nitrogens with two attached hydrogens (primary N) is 1. The van der Waals surface area contributed by atoms with Crippen LogP contribution in [0, 0.1) is 6.54 Å². The molecule has 0 aliphatic carbocycles. The van der Waals surface area contributed by atoms with Gasteiger partial charge in [0.15, 0.2) is 0 Å². The number of hydrogen-bond donors (Lipinski definition) is 3. The first-order chi connectivity index (χ1) is 3.41. The molecule has 4 N–H and O–H groups in total. The van der Waals surface area contributed by atoms with Gasteiger partial charge in [-0.1, -0.05) is 0 Å². The van der Waals surface area contributed by atoms with Gasteiger partial charge in [0.1, 0.15) is 0 Å². The lowest BCUT2D eigenvalue weighted by atomic mass is 10.6. The average molecular weight is 103 g/mol. The minimum atomic E-state index is 0.0694. The molecule has 7 heavy (non-hydrogen) atoms. The van der Waals surface area contributed by atoms with E-state index in [-0.39, 0.29) is 6.61 Å². The fourth-order valence-corrected chi connectivity index (χ4v) is 0.250. The highest BCUT2D eigenvalue weighted by Gasteiger charge is 1.78. The maximum atomic E-state index is 8.13. The van der Waals surface area contributed by atoms with Crippen LogP contribution in [-0.2, 0) is 0 Å². The molecular formula is C4H11N2O. The molecule has 0 amide bonds. The van der Waals surface area contributed by atoms with E-state index in [0.29, 0.717) is 6.54 Å². The van der Waals surface area contributed by atoms with E-state index in [0.717, 1.165) is 6.54 Å². The van der Waals surface area contributed by atoms with E-state index in [2.05, 4.69) is 5.32 Å². The molecule has 0 saturated carbocycles. The molecule has 1 radical (unpaired) electrons. The van der Waals surface area contributed by atoms with E-state index >= 15 is 0 Å². The van der Waals surface area contributed by atoms with Crippen LogP contribution in [0.2, 0.25) is 0 Å². The summed E-state index contributed by atoms with van der Waals surface area (Å²) in [5.74, 6) is 0. The molecule has 0 aromatic heterocycles. The third-order valence-corrected chi connectivity index (χ3v) is 0.524. The maximum Gasteiger partial charge on any atom is 0.0600 e. The lowest BCUT2D eigenvalue weighted by Crippen LogP contribution is -2.21. The summed E-state index contributed by atoms with van der Waals surface area (Å²) in [7, 11) is 0. The van der Waals surface area contributed by atoms with E-state index in [9.17, 15) is 0 Å². The highest BCUT2D eigenvalue weighted by atomic mass is 16.3. The lowest BCUT2D eigenvalue weighted by molar-refractivity contribution is 0.318. The molecule has 0 aliphatic heterocycles. The monoisotopic (exact) mass is 103 g/mol. The fraction of sp³-hybridized carbons (Fsp3) is 0.750. The second-order valence-corrected chi connectivity index (χ2v) is 1.13. The van der Waals surface area contributed by atoms with Crippen LogP contribution < -0.4 is 11.1 Å². The van der Waals surface area contributed by atoms with Gasteiger partial charge < -0.3 is 16.2 Å². The SMILES string of the molecule is NCCN[CH]CO. The van der Waals surface area contributed by atoms with Gasteiger partial charge in [0.05, 0.1) is 6.61 Å². The van der Waals surface area contributed by atoms with Crippen LogP contribution in [0.15, 0.2) is 0 Å². The summed E-state index contributed by atoms with van der Waals surface area (Å²) in [4.78, 5) is 0. The van der Waals surface area contributed by atoms with Gasteiger partial charge in [0, 0.05) is 19.6 Å². The van der Waals surface area contributed by atoms with Gasteiger partial charge in [-0.15, -0.1) is 0 Å². The zero-order chi connectivity index (χ0) is 5.54. The molecule has 43 valence electrons. The summed E-state index contributed by atoms with van der Waals surface area (Å²) in [5, 5.41) is 10.9. The van der Waals surface area contributed by atoms with E-state index < -0.39 is 0 Å². The smallest absolute Gasteiger partial charge is 0.0600 e. The van der Waals surface area contributed by atoms with Crippen molar-refractivity contribution in [2.75, 3.05) is 19.7 Å². The molecule has 0 saturated heterocycles. The number of rotatable bonds is 4. The molecular weight excluding hydrogens is 92.1 g/mol. The van der Waals surface area contributed by atoms with Crippen molar-refractivity contribution < 1.29 is 5.11 Å². The van der Waals surface area contributed by atoms with Crippen LogP contribution in [0.5, 0.6) is 0 Å². The summed E-state index contributed by atoms with van der Waals surface area (Å²) in [6, 6.07) is 0. The van der Waals surface area contributed by atoms with Crippen molar-refractivity contribution >= 4 is 0 Å². The third-order valence-electron chi connectivity index (χ3n) is 0.524. The molecule has 0 atom stereocenters. The van der Waals surface area contributed by atoms with E-state index in [4.69, 9.17) is 10.8 Å². The molecule has 3 nitrogen and oxygen atoms in total. The topological polar surface area (TPSA) is 58.3 Å². The molecule has 0 aromatic carbocycles. The van der Waals surface area contributed by atoms with Gasteiger partial charge >= 0.3 is 0 Å². The Balaban J connectivity index is 2.45.